The molecular weight excluding hydrogens is 330 g/mol. The van der Waals surface area contributed by atoms with E-state index in [1.54, 1.807) is 29.2 Å². The summed E-state index contributed by atoms with van der Waals surface area (Å²) >= 11 is 0. The van der Waals surface area contributed by atoms with Crippen molar-refractivity contribution in [2.24, 2.45) is 10.9 Å². The highest BCUT2D eigenvalue weighted by atomic mass is 16.2. The topological polar surface area (TPSA) is 70.0 Å². The fourth-order valence-electron chi connectivity index (χ4n) is 3.56. The second-order valence-corrected chi connectivity index (χ2v) is 6.61. The number of aliphatic imine (C=N–C) groups is 1. The zero-order valence-corrected chi connectivity index (χ0v) is 14.3. The van der Waals surface area contributed by atoms with Crippen molar-refractivity contribution in [2.45, 2.75) is 19.4 Å². The van der Waals surface area contributed by atoms with Crippen LogP contribution in [0.25, 0.3) is 0 Å². The predicted molar refractivity (Wildman–Crippen MR) is 96.5 cm³/mol. The first-order valence-electron chi connectivity index (χ1n) is 8.77. The van der Waals surface area contributed by atoms with E-state index in [9.17, 15) is 14.4 Å². The Kier molecular flexibility index (Phi) is 4.24. The average molecular weight is 349 g/mol. The van der Waals surface area contributed by atoms with Gasteiger partial charge in [0.1, 0.15) is 0 Å². The van der Waals surface area contributed by atoms with Gasteiger partial charge in [-0.15, -0.1) is 0 Å². The van der Waals surface area contributed by atoms with Gasteiger partial charge >= 0.3 is 6.03 Å². The van der Waals surface area contributed by atoms with Crippen LogP contribution in [0.15, 0.2) is 53.6 Å². The number of fused-ring (bicyclic) bond motifs is 2. The first-order valence-corrected chi connectivity index (χ1v) is 8.77. The molecule has 1 unspecified atom stereocenters. The van der Waals surface area contributed by atoms with Gasteiger partial charge in [-0.2, -0.15) is 4.99 Å². The molecule has 2 heterocycles. The summed E-state index contributed by atoms with van der Waals surface area (Å²) in [5.41, 5.74) is 2.90. The number of carbonyl (C=O) groups is 3. The van der Waals surface area contributed by atoms with E-state index >= 15 is 0 Å². The van der Waals surface area contributed by atoms with Gasteiger partial charge in [0.2, 0.25) is 11.8 Å². The molecule has 4 rings (SSSR count). The van der Waals surface area contributed by atoms with Crippen LogP contribution < -0.4 is 0 Å². The van der Waals surface area contributed by atoms with E-state index in [2.05, 4.69) is 11.1 Å². The lowest BCUT2D eigenvalue weighted by Crippen LogP contribution is -2.47. The molecule has 1 aromatic carbocycles. The van der Waals surface area contributed by atoms with E-state index < -0.39 is 11.9 Å². The lowest BCUT2D eigenvalue weighted by molar-refractivity contribution is -0.133. The van der Waals surface area contributed by atoms with E-state index in [4.69, 9.17) is 0 Å². The summed E-state index contributed by atoms with van der Waals surface area (Å²) in [5, 5.41) is 0. The Morgan fingerprint density at radius 2 is 1.96 bits per heavy atom. The zero-order chi connectivity index (χ0) is 18.1. The second kappa shape index (κ2) is 6.71. The van der Waals surface area contributed by atoms with E-state index in [0.717, 1.165) is 16.9 Å². The van der Waals surface area contributed by atoms with Crippen molar-refractivity contribution in [3.63, 3.8) is 0 Å². The third kappa shape index (κ3) is 2.98. The predicted octanol–water partition coefficient (Wildman–Crippen LogP) is 2.11. The van der Waals surface area contributed by atoms with Gasteiger partial charge in [0.15, 0.2) is 0 Å². The van der Waals surface area contributed by atoms with Crippen LogP contribution in [-0.4, -0.2) is 46.4 Å². The Morgan fingerprint density at radius 1 is 1.15 bits per heavy atom. The minimum absolute atomic E-state index is 0.0473. The fourth-order valence-corrected chi connectivity index (χ4v) is 3.56. The molecule has 6 nitrogen and oxygen atoms in total. The summed E-state index contributed by atoms with van der Waals surface area (Å²) in [6, 6.07) is 7.51. The van der Waals surface area contributed by atoms with E-state index in [-0.39, 0.29) is 24.8 Å². The van der Waals surface area contributed by atoms with Gasteiger partial charge in [-0.25, -0.2) is 4.79 Å². The number of carbonyl (C=O) groups excluding carboxylic acids is 3. The molecule has 0 radical (unpaired) electrons. The molecule has 132 valence electrons. The molecule has 0 fully saturated rings. The van der Waals surface area contributed by atoms with Crippen molar-refractivity contribution in [2.75, 3.05) is 13.1 Å². The summed E-state index contributed by atoms with van der Waals surface area (Å²) in [7, 11) is 0. The number of amides is 4. The van der Waals surface area contributed by atoms with Crippen molar-refractivity contribution in [1.29, 1.82) is 0 Å². The zero-order valence-electron chi connectivity index (χ0n) is 14.3. The minimum atomic E-state index is -0.585. The molecule has 2 aliphatic heterocycles. The molecule has 0 spiro atoms. The van der Waals surface area contributed by atoms with Crippen molar-refractivity contribution in [3.8, 4) is 0 Å². The molecule has 0 aromatic heterocycles. The van der Waals surface area contributed by atoms with Gasteiger partial charge in [-0.1, -0.05) is 42.5 Å². The van der Waals surface area contributed by atoms with Gasteiger partial charge < -0.3 is 4.90 Å². The van der Waals surface area contributed by atoms with Crippen LogP contribution in [0, 0.1) is 5.92 Å². The highest BCUT2D eigenvalue weighted by Crippen LogP contribution is 2.21. The molecule has 1 atom stereocenters. The van der Waals surface area contributed by atoms with Crippen LogP contribution in [0.2, 0.25) is 0 Å². The largest absolute Gasteiger partial charge is 0.350 e. The number of urea groups is 1. The fraction of sp³-hybridized carbons (Fsp3) is 0.300. The van der Waals surface area contributed by atoms with Gasteiger partial charge in [0, 0.05) is 26.1 Å². The van der Waals surface area contributed by atoms with Crippen LogP contribution in [0.3, 0.4) is 0 Å². The maximum absolute atomic E-state index is 12.6. The summed E-state index contributed by atoms with van der Waals surface area (Å²) < 4.78 is 0. The summed E-state index contributed by atoms with van der Waals surface area (Å²) in [6.45, 7) is 1.31. The number of imide groups is 1. The molecule has 0 saturated carbocycles. The first-order chi connectivity index (χ1) is 12.6. The Bertz CT molecular complexity index is 869. The number of nitrogens with zero attached hydrogens (tertiary/aromatic N) is 3. The molecule has 4 amide bonds. The SMILES string of the molecule is O=C(CCN1C(=O)N=C2C=CC=CC2C1=O)N1CCc2ccccc2C1. The molecule has 1 aromatic rings. The normalized spacial score (nSPS) is 21.4. The lowest BCUT2D eigenvalue weighted by Gasteiger charge is -2.31. The summed E-state index contributed by atoms with van der Waals surface area (Å²) in [6.07, 6.45) is 7.88. The highest BCUT2D eigenvalue weighted by Gasteiger charge is 2.36. The summed E-state index contributed by atoms with van der Waals surface area (Å²) in [5.74, 6) is -0.874. The number of hydrogen-bond donors (Lipinski definition) is 0. The smallest absolute Gasteiger partial charge is 0.338 e. The van der Waals surface area contributed by atoms with Gasteiger partial charge in [0.25, 0.3) is 0 Å². The van der Waals surface area contributed by atoms with Crippen LogP contribution >= 0.6 is 0 Å². The minimum Gasteiger partial charge on any atom is -0.338 e. The van der Waals surface area contributed by atoms with Crippen molar-refractivity contribution in [3.05, 3.63) is 59.7 Å². The average Bonchev–Trinajstić information content (AvgIpc) is 2.67. The van der Waals surface area contributed by atoms with Gasteiger partial charge in [-0.05, 0) is 23.6 Å². The molecule has 1 aliphatic carbocycles. The van der Waals surface area contributed by atoms with Crippen LogP contribution in [0.5, 0.6) is 0 Å². The maximum Gasteiger partial charge on any atom is 0.350 e. The molecule has 0 bridgehead atoms. The van der Waals surface area contributed by atoms with E-state index in [0.29, 0.717) is 18.8 Å². The molecule has 26 heavy (non-hydrogen) atoms. The molecule has 0 saturated heterocycles. The van der Waals surface area contributed by atoms with E-state index in [1.165, 1.54) is 5.56 Å². The molecule has 0 N–H and O–H groups in total. The Morgan fingerprint density at radius 3 is 2.81 bits per heavy atom. The van der Waals surface area contributed by atoms with Crippen molar-refractivity contribution in [1.82, 2.24) is 9.80 Å². The van der Waals surface area contributed by atoms with E-state index in [1.807, 2.05) is 18.2 Å². The van der Waals surface area contributed by atoms with Gasteiger partial charge in [-0.3, -0.25) is 14.5 Å². The Hall–Kier alpha value is -3.02. The maximum atomic E-state index is 12.6. The van der Waals surface area contributed by atoms with Gasteiger partial charge in [0.05, 0.1) is 11.6 Å². The Balaban J connectivity index is 1.40. The number of rotatable bonds is 3. The van der Waals surface area contributed by atoms with Crippen molar-refractivity contribution < 1.29 is 14.4 Å². The van der Waals surface area contributed by atoms with Crippen molar-refractivity contribution >= 4 is 23.6 Å². The Labute approximate surface area is 151 Å². The monoisotopic (exact) mass is 349 g/mol. The lowest BCUT2D eigenvalue weighted by atomic mass is 9.95. The second-order valence-electron chi connectivity index (χ2n) is 6.61. The number of hydrogen-bond acceptors (Lipinski definition) is 3. The third-order valence-electron chi connectivity index (χ3n) is 5.02. The standard InChI is InChI=1S/C20H19N3O3/c24-18(22-11-9-14-5-1-2-6-15(14)13-22)10-12-23-19(25)16-7-3-4-8-17(16)21-20(23)26/h1-8,16H,9-13H2. The highest BCUT2D eigenvalue weighted by molar-refractivity contribution is 6.21. The molecular formula is C20H19N3O3. The van der Waals surface area contributed by atoms with Crippen LogP contribution in [0.1, 0.15) is 17.5 Å². The third-order valence-corrected chi connectivity index (χ3v) is 5.02. The van der Waals surface area contributed by atoms with Crippen LogP contribution in [0.4, 0.5) is 4.79 Å². The summed E-state index contributed by atoms with van der Waals surface area (Å²) in [4.78, 5) is 44.1. The van der Waals surface area contributed by atoms with Crippen LogP contribution in [-0.2, 0) is 22.6 Å². The molecule has 3 aliphatic rings. The first kappa shape index (κ1) is 16.4. The number of allylic oxidation sites excluding steroid dienone is 3. The number of benzene rings is 1. The quantitative estimate of drug-likeness (QED) is 0.839. The molecule has 6 heteroatoms.